The van der Waals surface area contributed by atoms with Gasteiger partial charge in [0.15, 0.2) is 11.2 Å². The van der Waals surface area contributed by atoms with E-state index in [-0.39, 0.29) is 31.8 Å². The molecule has 1 amide bonds. The van der Waals surface area contributed by atoms with Crippen LogP contribution in [-0.2, 0) is 25.7 Å². The molecule has 7 nitrogen and oxygen atoms in total. The highest BCUT2D eigenvalue weighted by Gasteiger charge is 2.47. The molecule has 2 fully saturated rings. The summed E-state index contributed by atoms with van der Waals surface area (Å²) in [5.41, 5.74) is -1.71. The molecule has 142 valence electrons. The van der Waals surface area contributed by atoms with Gasteiger partial charge in [-0.3, -0.25) is 4.79 Å². The fourth-order valence-corrected chi connectivity index (χ4v) is 3.50. The van der Waals surface area contributed by atoms with Crippen molar-refractivity contribution in [3.05, 3.63) is 35.9 Å². The number of amides is 1. The van der Waals surface area contributed by atoms with E-state index in [4.69, 9.17) is 14.6 Å². The minimum atomic E-state index is -1.75. The Bertz CT molecular complexity index is 633. The normalized spacial score (nSPS) is 22.0. The van der Waals surface area contributed by atoms with Crippen molar-refractivity contribution in [2.45, 2.75) is 43.5 Å². The number of carbonyl (C=O) groups is 2. The molecule has 2 heterocycles. The summed E-state index contributed by atoms with van der Waals surface area (Å²) in [7, 11) is 0. The van der Waals surface area contributed by atoms with E-state index >= 15 is 0 Å². The summed E-state index contributed by atoms with van der Waals surface area (Å²) in [6.07, 6.45) is 0.995. The standard InChI is InChI=1S/C19H25NO6/c21-16(20-10-6-18(24,7-11-20)17(22)23)19(8-12-25-13-9-19)26-14-15-4-2-1-3-5-15/h1-5,24H,6-14H2,(H,22,23). The molecule has 0 radical (unpaired) electrons. The fraction of sp³-hybridized carbons (Fsp3) is 0.579. The highest BCUT2D eigenvalue weighted by atomic mass is 16.5. The Hall–Kier alpha value is -1.96. The molecule has 2 aliphatic rings. The molecule has 0 aromatic heterocycles. The van der Waals surface area contributed by atoms with Crippen molar-refractivity contribution in [3.8, 4) is 0 Å². The van der Waals surface area contributed by atoms with Gasteiger partial charge >= 0.3 is 5.97 Å². The molecule has 1 aromatic carbocycles. The zero-order valence-electron chi connectivity index (χ0n) is 14.7. The van der Waals surface area contributed by atoms with Crippen LogP contribution in [0.1, 0.15) is 31.2 Å². The van der Waals surface area contributed by atoms with Crippen LogP contribution in [-0.4, -0.2) is 64.5 Å². The second-order valence-corrected chi connectivity index (χ2v) is 7.01. The first-order valence-corrected chi connectivity index (χ1v) is 8.96. The number of likely N-dealkylation sites (tertiary alicyclic amines) is 1. The number of carbonyl (C=O) groups excluding carboxylic acids is 1. The second-order valence-electron chi connectivity index (χ2n) is 7.01. The average Bonchev–Trinajstić information content (AvgIpc) is 2.68. The molecule has 0 aliphatic carbocycles. The molecule has 0 unspecified atom stereocenters. The van der Waals surface area contributed by atoms with Gasteiger partial charge < -0.3 is 24.6 Å². The molecule has 26 heavy (non-hydrogen) atoms. The minimum absolute atomic E-state index is 0.0271. The first kappa shape index (κ1) is 18.8. The molecule has 0 spiro atoms. The van der Waals surface area contributed by atoms with Crippen LogP contribution >= 0.6 is 0 Å². The van der Waals surface area contributed by atoms with Gasteiger partial charge in [-0.05, 0) is 5.56 Å². The smallest absolute Gasteiger partial charge is 0.335 e. The van der Waals surface area contributed by atoms with E-state index in [1.165, 1.54) is 0 Å². The largest absolute Gasteiger partial charge is 0.479 e. The van der Waals surface area contributed by atoms with Crippen LogP contribution in [0.5, 0.6) is 0 Å². The number of hydrogen-bond donors (Lipinski definition) is 2. The van der Waals surface area contributed by atoms with Crippen LogP contribution < -0.4 is 0 Å². The zero-order chi connectivity index (χ0) is 18.6. The van der Waals surface area contributed by atoms with Gasteiger partial charge in [-0.1, -0.05) is 30.3 Å². The van der Waals surface area contributed by atoms with Crippen LogP contribution in [0.4, 0.5) is 0 Å². The Morgan fingerprint density at radius 2 is 1.69 bits per heavy atom. The monoisotopic (exact) mass is 363 g/mol. The lowest BCUT2D eigenvalue weighted by atomic mass is 9.88. The Kier molecular flexibility index (Phi) is 5.60. The van der Waals surface area contributed by atoms with Crippen LogP contribution in [0, 0.1) is 0 Å². The van der Waals surface area contributed by atoms with Gasteiger partial charge in [0, 0.05) is 52.0 Å². The maximum absolute atomic E-state index is 13.2. The quantitative estimate of drug-likeness (QED) is 0.816. The summed E-state index contributed by atoms with van der Waals surface area (Å²) in [4.78, 5) is 26.0. The van der Waals surface area contributed by atoms with Gasteiger partial charge in [0.2, 0.25) is 0 Å². The average molecular weight is 363 g/mol. The third kappa shape index (κ3) is 3.90. The number of ether oxygens (including phenoxy) is 2. The van der Waals surface area contributed by atoms with E-state index < -0.39 is 17.2 Å². The van der Waals surface area contributed by atoms with Crippen molar-refractivity contribution in [1.82, 2.24) is 4.90 Å². The lowest BCUT2D eigenvalue weighted by molar-refractivity contribution is -0.181. The van der Waals surface area contributed by atoms with Crippen molar-refractivity contribution in [2.75, 3.05) is 26.3 Å². The van der Waals surface area contributed by atoms with E-state index in [1.807, 2.05) is 30.3 Å². The SMILES string of the molecule is O=C(O)C1(O)CCN(C(=O)C2(OCc3ccccc3)CCOCC2)CC1. The first-order valence-electron chi connectivity index (χ1n) is 8.96. The lowest BCUT2D eigenvalue weighted by Crippen LogP contribution is -2.58. The summed E-state index contributed by atoms with van der Waals surface area (Å²) in [6, 6.07) is 9.68. The molecular formula is C19H25NO6. The van der Waals surface area contributed by atoms with Crippen molar-refractivity contribution >= 4 is 11.9 Å². The Morgan fingerprint density at radius 3 is 2.27 bits per heavy atom. The van der Waals surface area contributed by atoms with E-state index in [0.29, 0.717) is 32.7 Å². The molecule has 2 saturated heterocycles. The van der Waals surface area contributed by atoms with Crippen LogP contribution in [0.15, 0.2) is 30.3 Å². The van der Waals surface area contributed by atoms with E-state index in [0.717, 1.165) is 5.56 Å². The van der Waals surface area contributed by atoms with Crippen molar-refractivity contribution in [2.24, 2.45) is 0 Å². The Balaban J connectivity index is 1.69. The maximum Gasteiger partial charge on any atom is 0.335 e. The van der Waals surface area contributed by atoms with Gasteiger partial charge in [-0.2, -0.15) is 0 Å². The number of aliphatic hydroxyl groups is 1. The predicted molar refractivity (Wildman–Crippen MR) is 92.4 cm³/mol. The highest BCUT2D eigenvalue weighted by molar-refractivity contribution is 5.86. The number of carboxylic acids is 1. The number of hydrogen-bond acceptors (Lipinski definition) is 5. The second kappa shape index (κ2) is 7.73. The van der Waals surface area contributed by atoms with Gasteiger partial charge in [0.05, 0.1) is 6.61 Å². The molecule has 0 atom stereocenters. The van der Waals surface area contributed by atoms with Gasteiger partial charge in [0.1, 0.15) is 0 Å². The molecule has 2 aliphatic heterocycles. The van der Waals surface area contributed by atoms with Crippen LogP contribution in [0.2, 0.25) is 0 Å². The van der Waals surface area contributed by atoms with Gasteiger partial charge in [-0.15, -0.1) is 0 Å². The van der Waals surface area contributed by atoms with Gasteiger partial charge in [-0.25, -0.2) is 4.79 Å². The molecule has 0 saturated carbocycles. The minimum Gasteiger partial charge on any atom is -0.479 e. The number of piperidine rings is 1. The lowest BCUT2D eigenvalue weighted by Gasteiger charge is -2.42. The third-order valence-corrected chi connectivity index (χ3v) is 5.32. The third-order valence-electron chi connectivity index (χ3n) is 5.32. The summed E-state index contributed by atoms with van der Waals surface area (Å²) < 4.78 is 11.5. The molecule has 0 bridgehead atoms. The zero-order valence-corrected chi connectivity index (χ0v) is 14.7. The number of nitrogens with zero attached hydrogens (tertiary/aromatic N) is 1. The van der Waals surface area contributed by atoms with Gasteiger partial charge in [0.25, 0.3) is 5.91 Å². The van der Waals surface area contributed by atoms with E-state index in [1.54, 1.807) is 4.90 Å². The number of aliphatic carboxylic acids is 1. The molecular weight excluding hydrogens is 338 g/mol. The topological polar surface area (TPSA) is 96.3 Å². The summed E-state index contributed by atoms with van der Waals surface area (Å²) in [5.74, 6) is -1.37. The predicted octanol–water partition coefficient (Wildman–Crippen LogP) is 1.19. The summed E-state index contributed by atoms with van der Waals surface area (Å²) in [6.45, 7) is 1.65. The highest BCUT2D eigenvalue weighted by Crippen LogP contribution is 2.32. The Labute approximate surface area is 152 Å². The fourth-order valence-electron chi connectivity index (χ4n) is 3.50. The first-order chi connectivity index (χ1) is 12.5. The number of carboxylic acid groups (broad SMARTS) is 1. The molecule has 1 aromatic rings. The molecule has 7 heteroatoms. The maximum atomic E-state index is 13.2. The molecule has 2 N–H and O–H groups in total. The van der Waals surface area contributed by atoms with Crippen LogP contribution in [0.3, 0.4) is 0 Å². The van der Waals surface area contributed by atoms with E-state index in [9.17, 15) is 14.7 Å². The van der Waals surface area contributed by atoms with Crippen LogP contribution in [0.25, 0.3) is 0 Å². The molecule has 3 rings (SSSR count). The van der Waals surface area contributed by atoms with Crippen molar-refractivity contribution in [3.63, 3.8) is 0 Å². The van der Waals surface area contributed by atoms with Crippen molar-refractivity contribution in [1.29, 1.82) is 0 Å². The van der Waals surface area contributed by atoms with E-state index in [2.05, 4.69) is 0 Å². The Morgan fingerprint density at radius 1 is 1.08 bits per heavy atom. The summed E-state index contributed by atoms with van der Waals surface area (Å²) >= 11 is 0. The number of benzene rings is 1. The summed E-state index contributed by atoms with van der Waals surface area (Å²) in [5, 5.41) is 19.2. The van der Waals surface area contributed by atoms with Crippen molar-refractivity contribution < 1.29 is 29.3 Å². The number of rotatable bonds is 5.